The lowest BCUT2D eigenvalue weighted by Gasteiger charge is -2.13. The van der Waals surface area contributed by atoms with Crippen LogP contribution in [-0.4, -0.2) is 27.8 Å². The zero-order chi connectivity index (χ0) is 20.1. The lowest BCUT2D eigenvalue weighted by molar-refractivity contribution is -0.118. The molecule has 1 amide bonds. The highest BCUT2D eigenvalue weighted by Crippen LogP contribution is 2.21. The van der Waals surface area contributed by atoms with E-state index in [1.54, 1.807) is 42.5 Å². The molecule has 28 heavy (non-hydrogen) atoms. The molecule has 0 atom stereocenters. The first-order chi connectivity index (χ1) is 13.5. The fourth-order valence-electron chi connectivity index (χ4n) is 2.62. The Morgan fingerprint density at radius 2 is 1.93 bits per heavy atom. The summed E-state index contributed by atoms with van der Waals surface area (Å²) in [6, 6.07) is 15.9. The van der Waals surface area contributed by atoms with Crippen LogP contribution in [0.4, 0.5) is 0 Å². The van der Waals surface area contributed by atoms with Crippen molar-refractivity contribution in [3.8, 4) is 11.8 Å². The van der Waals surface area contributed by atoms with Gasteiger partial charge in [0.05, 0.1) is 34.0 Å². The monoisotopic (exact) mass is 392 g/mol. The number of fused-ring (bicyclic) bond motifs is 1. The maximum atomic E-state index is 13.1. The first-order valence-electron chi connectivity index (χ1n) is 8.91. The van der Waals surface area contributed by atoms with Gasteiger partial charge in [-0.3, -0.25) is 14.2 Å². The molecule has 2 aromatic carbocycles. The molecule has 0 radical (unpaired) electrons. The summed E-state index contributed by atoms with van der Waals surface area (Å²) in [5.74, 6) is 0.422. The van der Waals surface area contributed by atoms with Gasteiger partial charge < -0.3 is 5.32 Å². The number of nitrogens with zero attached hydrogens (tertiary/aromatic N) is 3. The van der Waals surface area contributed by atoms with Crippen molar-refractivity contribution >= 4 is 28.6 Å². The number of carbonyl (C=O) groups is 1. The molecule has 0 saturated carbocycles. The molecular formula is C21H20N4O2S. The van der Waals surface area contributed by atoms with Gasteiger partial charge in [-0.25, -0.2) is 4.98 Å². The molecule has 0 aliphatic heterocycles. The molecule has 1 heterocycles. The van der Waals surface area contributed by atoms with Crippen LogP contribution in [0.2, 0.25) is 0 Å². The van der Waals surface area contributed by atoms with Gasteiger partial charge in [-0.2, -0.15) is 5.26 Å². The number of nitriles is 1. The molecule has 0 fully saturated rings. The minimum absolute atomic E-state index is 0.104. The smallest absolute Gasteiger partial charge is 0.266 e. The number of carbonyl (C=O) groups excluding carboxylic acids is 1. The summed E-state index contributed by atoms with van der Waals surface area (Å²) in [6.45, 7) is 4.66. The maximum Gasteiger partial charge on any atom is 0.266 e. The van der Waals surface area contributed by atoms with Crippen molar-refractivity contribution < 1.29 is 4.79 Å². The molecule has 3 aromatic rings. The molecular weight excluding hydrogens is 372 g/mol. The second kappa shape index (κ2) is 8.72. The molecule has 0 bridgehead atoms. The van der Waals surface area contributed by atoms with E-state index < -0.39 is 0 Å². The molecule has 1 aromatic heterocycles. The van der Waals surface area contributed by atoms with Gasteiger partial charge in [0.25, 0.3) is 5.56 Å². The van der Waals surface area contributed by atoms with Crippen LogP contribution >= 0.6 is 11.8 Å². The Hall–Kier alpha value is -3.11. The second-order valence-corrected chi connectivity index (χ2v) is 7.64. The average Bonchev–Trinajstić information content (AvgIpc) is 2.71. The van der Waals surface area contributed by atoms with Crippen molar-refractivity contribution in [3.63, 3.8) is 0 Å². The summed E-state index contributed by atoms with van der Waals surface area (Å²) >= 11 is 1.22. The normalized spacial score (nSPS) is 10.8. The number of hydrogen-bond donors (Lipinski definition) is 1. The summed E-state index contributed by atoms with van der Waals surface area (Å²) in [5, 5.41) is 12.8. The zero-order valence-electron chi connectivity index (χ0n) is 15.7. The Balaban J connectivity index is 2.00. The standard InChI is InChI=1S/C21H20N4O2S/c1-14(2)12-23-19(26)13-28-21-24-18-6-4-3-5-17(18)20(27)25(21)16-9-7-15(11-22)8-10-16/h3-10,14H,12-13H2,1-2H3,(H,23,26). The molecule has 1 N–H and O–H groups in total. The SMILES string of the molecule is CC(C)CNC(=O)CSc1nc2ccccc2c(=O)n1-c1ccc(C#N)cc1. The van der Waals surface area contributed by atoms with Crippen LogP contribution in [0.15, 0.2) is 58.5 Å². The van der Waals surface area contributed by atoms with Crippen molar-refractivity contribution in [1.29, 1.82) is 5.26 Å². The summed E-state index contributed by atoms with van der Waals surface area (Å²) in [5.41, 5.74) is 1.49. The van der Waals surface area contributed by atoms with Gasteiger partial charge in [0.1, 0.15) is 0 Å². The Labute approximate surface area is 167 Å². The van der Waals surface area contributed by atoms with E-state index in [2.05, 4.69) is 16.4 Å². The summed E-state index contributed by atoms with van der Waals surface area (Å²) in [6.07, 6.45) is 0. The number of benzene rings is 2. The third-order valence-electron chi connectivity index (χ3n) is 4.04. The predicted molar refractivity (Wildman–Crippen MR) is 111 cm³/mol. The number of aromatic nitrogens is 2. The number of hydrogen-bond acceptors (Lipinski definition) is 5. The van der Waals surface area contributed by atoms with E-state index in [9.17, 15) is 9.59 Å². The number of nitrogens with one attached hydrogen (secondary N) is 1. The Bertz CT molecular complexity index is 1100. The van der Waals surface area contributed by atoms with Gasteiger partial charge in [0.2, 0.25) is 5.91 Å². The molecule has 0 spiro atoms. The van der Waals surface area contributed by atoms with Crippen molar-refractivity contribution in [1.82, 2.24) is 14.9 Å². The number of rotatable bonds is 6. The molecule has 0 saturated heterocycles. The van der Waals surface area contributed by atoms with Gasteiger partial charge in [0.15, 0.2) is 5.16 Å². The van der Waals surface area contributed by atoms with E-state index >= 15 is 0 Å². The zero-order valence-corrected chi connectivity index (χ0v) is 16.5. The Kier molecular flexibility index (Phi) is 6.12. The van der Waals surface area contributed by atoms with Crippen LogP contribution in [-0.2, 0) is 4.79 Å². The first-order valence-corrected chi connectivity index (χ1v) is 9.90. The predicted octanol–water partition coefficient (Wildman–Crippen LogP) is 3.12. The van der Waals surface area contributed by atoms with E-state index in [4.69, 9.17) is 5.26 Å². The van der Waals surface area contributed by atoms with Crippen LogP contribution in [0, 0.1) is 17.2 Å². The highest BCUT2D eigenvalue weighted by molar-refractivity contribution is 7.99. The fraction of sp³-hybridized carbons (Fsp3) is 0.238. The molecule has 142 valence electrons. The van der Waals surface area contributed by atoms with Crippen LogP contribution in [0.1, 0.15) is 19.4 Å². The van der Waals surface area contributed by atoms with E-state index in [-0.39, 0.29) is 17.2 Å². The largest absolute Gasteiger partial charge is 0.355 e. The van der Waals surface area contributed by atoms with E-state index in [0.717, 1.165) is 0 Å². The van der Waals surface area contributed by atoms with Crippen molar-refractivity contribution in [2.45, 2.75) is 19.0 Å². The topological polar surface area (TPSA) is 87.8 Å². The van der Waals surface area contributed by atoms with E-state index in [0.29, 0.717) is 39.8 Å². The Morgan fingerprint density at radius 3 is 2.61 bits per heavy atom. The third kappa shape index (κ3) is 4.41. The summed E-state index contributed by atoms with van der Waals surface area (Å²) in [4.78, 5) is 29.8. The minimum atomic E-state index is -0.208. The quantitative estimate of drug-likeness (QED) is 0.514. The number of thioether (sulfide) groups is 1. The third-order valence-corrected chi connectivity index (χ3v) is 4.98. The van der Waals surface area contributed by atoms with Crippen molar-refractivity contribution in [2.24, 2.45) is 5.92 Å². The van der Waals surface area contributed by atoms with Crippen molar-refractivity contribution in [3.05, 3.63) is 64.4 Å². The van der Waals surface area contributed by atoms with Gasteiger partial charge >= 0.3 is 0 Å². The maximum absolute atomic E-state index is 13.1. The average molecular weight is 392 g/mol. The summed E-state index contributed by atoms with van der Waals surface area (Å²) in [7, 11) is 0. The molecule has 3 rings (SSSR count). The van der Waals surface area contributed by atoms with E-state index in [1.165, 1.54) is 16.3 Å². The van der Waals surface area contributed by atoms with Gasteiger partial charge in [-0.15, -0.1) is 0 Å². The van der Waals surface area contributed by atoms with Crippen LogP contribution in [0.3, 0.4) is 0 Å². The van der Waals surface area contributed by atoms with E-state index in [1.807, 2.05) is 19.9 Å². The highest BCUT2D eigenvalue weighted by atomic mass is 32.2. The number of para-hydroxylation sites is 1. The van der Waals surface area contributed by atoms with Crippen LogP contribution < -0.4 is 10.9 Å². The van der Waals surface area contributed by atoms with Crippen molar-refractivity contribution in [2.75, 3.05) is 12.3 Å². The second-order valence-electron chi connectivity index (χ2n) is 6.70. The van der Waals surface area contributed by atoms with Gasteiger partial charge in [0, 0.05) is 6.54 Å². The lowest BCUT2D eigenvalue weighted by Crippen LogP contribution is -2.29. The molecule has 0 unspecified atom stereocenters. The van der Waals surface area contributed by atoms with Gasteiger partial charge in [-0.05, 0) is 42.3 Å². The molecule has 0 aliphatic carbocycles. The fourth-order valence-corrected chi connectivity index (χ4v) is 3.46. The Morgan fingerprint density at radius 1 is 1.21 bits per heavy atom. The lowest BCUT2D eigenvalue weighted by atomic mass is 10.2. The van der Waals surface area contributed by atoms with Crippen LogP contribution in [0.25, 0.3) is 16.6 Å². The summed E-state index contributed by atoms with van der Waals surface area (Å²) < 4.78 is 1.49. The van der Waals surface area contributed by atoms with Gasteiger partial charge in [-0.1, -0.05) is 37.7 Å². The highest BCUT2D eigenvalue weighted by Gasteiger charge is 2.15. The molecule has 6 nitrogen and oxygen atoms in total. The van der Waals surface area contributed by atoms with Crippen LogP contribution in [0.5, 0.6) is 0 Å². The number of amides is 1. The minimum Gasteiger partial charge on any atom is -0.355 e. The first kappa shape index (κ1) is 19.6. The molecule has 7 heteroatoms. The molecule has 0 aliphatic rings.